The van der Waals surface area contributed by atoms with Crippen LogP contribution in [0.5, 0.6) is 11.5 Å². The third-order valence-corrected chi connectivity index (χ3v) is 5.78. The van der Waals surface area contributed by atoms with Crippen LogP contribution in [0.25, 0.3) is 0 Å². The summed E-state index contributed by atoms with van der Waals surface area (Å²) in [6, 6.07) is 19.4. The minimum atomic E-state index is 0.0537. The number of para-hydroxylation sites is 1. The average molecular weight is 490 g/mol. The van der Waals surface area contributed by atoms with E-state index in [9.17, 15) is 5.11 Å². The van der Waals surface area contributed by atoms with Crippen LogP contribution >= 0.6 is 31.9 Å². The number of nitrogens with zero attached hydrogens (tertiary/aromatic N) is 1. The summed E-state index contributed by atoms with van der Waals surface area (Å²) in [5.74, 6) is 0.467. The molecule has 0 amide bonds. The second-order valence-corrected chi connectivity index (χ2v) is 7.31. The van der Waals surface area contributed by atoms with E-state index in [-0.39, 0.29) is 5.75 Å². The molecule has 2 N–H and O–H groups in total. The maximum atomic E-state index is 10.4. The molecule has 0 saturated heterocycles. The molecule has 0 aliphatic carbocycles. The lowest BCUT2D eigenvalue weighted by molar-refractivity contribution is 0.317. The molecule has 0 heterocycles. The third kappa shape index (κ3) is 4.90. The first-order chi connectivity index (χ1) is 13.1. The summed E-state index contributed by atoms with van der Waals surface area (Å²) in [5, 5.41) is 13.8. The number of hydrogen-bond acceptors (Lipinski definition) is 4. The fraction of sp³-hybridized carbons (Fsp3) is 0.0952. The number of aliphatic imine (C=N–C) groups is 1. The Hall–Kier alpha value is -2.31. The maximum absolute atomic E-state index is 10.4. The molecule has 0 spiro atoms. The number of rotatable bonds is 6. The number of halogens is 2. The van der Waals surface area contributed by atoms with Crippen molar-refractivity contribution in [3.63, 3.8) is 0 Å². The van der Waals surface area contributed by atoms with E-state index in [2.05, 4.69) is 42.2 Å². The molecule has 0 aliphatic rings. The number of anilines is 2. The zero-order valence-corrected chi connectivity index (χ0v) is 17.8. The summed E-state index contributed by atoms with van der Waals surface area (Å²) in [5.41, 5.74) is 3.34. The number of hydrogen-bond donors (Lipinski definition) is 2. The van der Waals surface area contributed by atoms with Gasteiger partial charge in [0, 0.05) is 26.5 Å². The molecule has 0 unspecified atom stereocenters. The van der Waals surface area contributed by atoms with Crippen molar-refractivity contribution in [3.05, 3.63) is 75.2 Å². The molecule has 0 radical (unpaired) electrons. The highest BCUT2D eigenvalue weighted by Crippen LogP contribution is 2.40. The molecular weight excluding hydrogens is 472 g/mol. The van der Waals surface area contributed by atoms with Gasteiger partial charge in [0.05, 0.1) is 17.9 Å². The number of ether oxygens (including phenoxy) is 1. The Kier molecular flexibility index (Phi) is 6.53. The van der Waals surface area contributed by atoms with Gasteiger partial charge in [-0.3, -0.25) is 4.99 Å². The Morgan fingerprint density at radius 1 is 1.04 bits per heavy atom. The minimum Gasteiger partial charge on any atom is -0.504 e. The van der Waals surface area contributed by atoms with Gasteiger partial charge in [0.1, 0.15) is 0 Å². The van der Waals surface area contributed by atoms with Crippen molar-refractivity contribution in [3.8, 4) is 11.5 Å². The van der Waals surface area contributed by atoms with Crippen molar-refractivity contribution in [2.24, 2.45) is 4.99 Å². The summed E-state index contributed by atoms with van der Waals surface area (Å²) in [6.07, 6.45) is 1.62. The van der Waals surface area contributed by atoms with Crippen LogP contribution in [0.1, 0.15) is 12.5 Å². The van der Waals surface area contributed by atoms with Crippen LogP contribution in [0.3, 0.4) is 0 Å². The van der Waals surface area contributed by atoms with E-state index in [1.54, 1.807) is 12.3 Å². The Bertz CT molecular complexity index is 943. The highest BCUT2D eigenvalue weighted by Gasteiger charge is 2.14. The van der Waals surface area contributed by atoms with Gasteiger partial charge in [-0.1, -0.05) is 18.2 Å². The highest BCUT2D eigenvalue weighted by atomic mass is 79.9. The zero-order valence-electron chi connectivity index (χ0n) is 14.6. The summed E-state index contributed by atoms with van der Waals surface area (Å²) in [4.78, 5) is 4.47. The number of phenols is 1. The zero-order chi connectivity index (χ0) is 19.2. The standard InChI is InChI=1S/C21H18Br2N2O2/c1-2-27-19-12-18(22)20(23)17(21(19)26)13-24-14-8-10-16(11-9-14)25-15-6-4-3-5-7-15/h3-13,25-26H,2H2,1H3. The van der Waals surface area contributed by atoms with E-state index in [4.69, 9.17) is 4.74 Å². The Balaban J connectivity index is 1.80. The van der Waals surface area contributed by atoms with E-state index >= 15 is 0 Å². The monoisotopic (exact) mass is 488 g/mol. The molecule has 138 valence electrons. The lowest BCUT2D eigenvalue weighted by atomic mass is 10.2. The van der Waals surface area contributed by atoms with Crippen LogP contribution in [0.2, 0.25) is 0 Å². The smallest absolute Gasteiger partial charge is 0.167 e. The fourth-order valence-electron chi connectivity index (χ4n) is 2.45. The number of aromatic hydroxyl groups is 1. The van der Waals surface area contributed by atoms with Gasteiger partial charge in [-0.2, -0.15) is 0 Å². The van der Waals surface area contributed by atoms with Crippen LogP contribution in [-0.4, -0.2) is 17.9 Å². The van der Waals surface area contributed by atoms with Crippen LogP contribution in [0.4, 0.5) is 17.1 Å². The molecule has 0 aromatic heterocycles. The van der Waals surface area contributed by atoms with Gasteiger partial charge in [0.25, 0.3) is 0 Å². The van der Waals surface area contributed by atoms with Gasteiger partial charge >= 0.3 is 0 Å². The predicted octanol–water partition coefficient (Wildman–Crippen LogP) is 6.81. The van der Waals surface area contributed by atoms with Crippen molar-refractivity contribution in [2.45, 2.75) is 6.92 Å². The van der Waals surface area contributed by atoms with Gasteiger partial charge in [-0.05, 0) is 81.2 Å². The molecule has 3 rings (SSSR count). The van der Waals surface area contributed by atoms with Gasteiger partial charge in [-0.15, -0.1) is 0 Å². The molecule has 3 aromatic rings. The first-order valence-corrected chi connectivity index (χ1v) is 9.97. The Labute approximate surface area is 175 Å². The molecule has 0 atom stereocenters. The maximum Gasteiger partial charge on any atom is 0.167 e. The molecule has 3 aromatic carbocycles. The van der Waals surface area contributed by atoms with E-state index in [1.165, 1.54) is 0 Å². The van der Waals surface area contributed by atoms with Crippen molar-refractivity contribution in [1.82, 2.24) is 0 Å². The SMILES string of the molecule is CCOc1cc(Br)c(Br)c(C=Nc2ccc(Nc3ccccc3)cc2)c1O. The fourth-order valence-corrected chi connectivity index (χ4v) is 3.28. The number of phenolic OH excluding ortho intramolecular Hbond substituents is 1. The second-order valence-electron chi connectivity index (χ2n) is 5.66. The second kappa shape index (κ2) is 9.06. The van der Waals surface area contributed by atoms with Crippen LogP contribution < -0.4 is 10.1 Å². The Morgan fingerprint density at radius 2 is 1.70 bits per heavy atom. The molecule has 27 heavy (non-hydrogen) atoms. The molecular formula is C21H18Br2N2O2. The largest absolute Gasteiger partial charge is 0.504 e. The molecule has 6 heteroatoms. The molecule has 0 fully saturated rings. The van der Waals surface area contributed by atoms with Crippen molar-refractivity contribution >= 4 is 55.1 Å². The van der Waals surface area contributed by atoms with Gasteiger partial charge in [-0.25, -0.2) is 0 Å². The molecule has 0 aliphatic heterocycles. The first kappa shape index (κ1) is 19.5. The quantitative estimate of drug-likeness (QED) is 0.374. The summed E-state index contributed by atoms with van der Waals surface area (Å²) >= 11 is 6.94. The predicted molar refractivity (Wildman–Crippen MR) is 118 cm³/mol. The van der Waals surface area contributed by atoms with Crippen LogP contribution in [-0.2, 0) is 0 Å². The van der Waals surface area contributed by atoms with Gasteiger partial charge in [0.2, 0.25) is 0 Å². The molecule has 0 saturated carbocycles. The normalized spacial score (nSPS) is 10.9. The Morgan fingerprint density at radius 3 is 2.37 bits per heavy atom. The molecule has 4 nitrogen and oxygen atoms in total. The molecule has 0 bridgehead atoms. The van der Waals surface area contributed by atoms with Crippen LogP contribution in [0.15, 0.2) is 74.6 Å². The summed E-state index contributed by atoms with van der Waals surface area (Å²) in [7, 11) is 0. The minimum absolute atomic E-state index is 0.0537. The van der Waals surface area contributed by atoms with E-state index < -0.39 is 0 Å². The average Bonchev–Trinajstić information content (AvgIpc) is 2.68. The van der Waals surface area contributed by atoms with Crippen molar-refractivity contribution < 1.29 is 9.84 Å². The van der Waals surface area contributed by atoms with E-state index in [0.717, 1.165) is 26.0 Å². The van der Waals surface area contributed by atoms with Crippen LogP contribution in [0, 0.1) is 0 Å². The van der Waals surface area contributed by atoms with Crippen molar-refractivity contribution in [2.75, 3.05) is 11.9 Å². The van der Waals surface area contributed by atoms with Gasteiger partial charge < -0.3 is 15.2 Å². The number of nitrogens with one attached hydrogen (secondary N) is 1. The van der Waals surface area contributed by atoms with Crippen molar-refractivity contribution in [1.29, 1.82) is 0 Å². The topological polar surface area (TPSA) is 53.8 Å². The van der Waals surface area contributed by atoms with E-state index in [0.29, 0.717) is 17.9 Å². The summed E-state index contributed by atoms with van der Waals surface area (Å²) in [6.45, 7) is 2.34. The lowest BCUT2D eigenvalue weighted by Gasteiger charge is -2.11. The van der Waals surface area contributed by atoms with E-state index in [1.807, 2.05) is 61.5 Å². The number of benzene rings is 3. The lowest BCUT2D eigenvalue weighted by Crippen LogP contribution is -1.95. The summed E-state index contributed by atoms with van der Waals surface area (Å²) < 4.78 is 6.97. The third-order valence-electron chi connectivity index (χ3n) is 3.76. The highest BCUT2D eigenvalue weighted by molar-refractivity contribution is 9.13. The van der Waals surface area contributed by atoms with Gasteiger partial charge in [0.15, 0.2) is 11.5 Å². The first-order valence-electron chi connectivity index (χ1n) is 8.38.